The first-order valence-corrected chi connectivity index (χ1v) is 10.7. The minimum absolute atomic E-state index is 0. The zero-order valence-electron chi connectivity index (χ0n) is 17.9. The molecule has 0 saturated carbocycles. The van der Waals surface area contributed by atoms with E-state index < -0.39 is 0 Å². The van der Waals surface area contributed by atoms with Gasteiger partial charge in [0.1, 0.15) is 11.6 Å². The van der Waals surface area contributed by atoms with Crippen LogP contribution in [-0.2, 0) is 19.4 Å². The Morgan fingerprint density at radius 3 is 2.75 bits per heavy atom. The number of nitrogens with zero attached hydrogens (tertiary/aromatic N) is 5. The Hall–Kier alpha value is -0.900. The normalized spacial score (nSPS) is 23.2. The molecule has 0 aliphatic carbocycles. The molecular weight excluding hydrogens is 465 g/mol. The molecule has 160 valence electrons. The maximum atomic E-state index is 4.43. The highest BCUT2D eigenvalue weighted by Crippen LogP contribution is 2.18. The van der Waals surface area contributed by atoms with Crippen molar-refractivity contribution in [3.8, 4) is 0 Å². The summed E-state index contributed by atoms with van der Waals surface area (Å²) in [5.74, 6) is 3.88. The van der Waals surface area contributed by atoms with Crippen molar-refractivity contribution >= 4 is 29.9 Å². The molecule has 7 nitrogen and oxygen atoms in total. The van der Waals surface area contributed by atoms with Crippen molar-refractivity contribution in [2.45, 2.75) is 77.9 Å². The molecule has 8 heteroatoms. The summed E-state index contributed by atoms with van der Waals surface area (Å²) in [6.45, 7) is 11.1. The minimum Gasteiger partial charge on any atom is -0.356 e. The van der Waals surface area contributed by atoms with E-state index >= 15 is 0 Å². The van der Waals surface area contributed by atoms with Gasteiger partial charge in [0, 0.05) is 58.2 Å². The van der Waals surface area contributed by atoms with Crippen LogP contribution in [0.2, 0.25) is 0 Å². The molecule has 2 N–H and O–H groups in total. The van der Waals surface area contributed by atoms with Crippen molar-refractivity contribution in [3.63, 3.8) is 0 Å². The fraction of sp³-hybridized carbons (Fsp3) is 0.850. The second kappa shape index (κ2) is 11.3. The monoisotopic (exact) mass is 503 g/mol. The molecule has 0 bridgehead atoms. The maximum Gasteiger partial charge on any atom is 0.191 e. The molecule has 0 aromatic carbocycles. The predicted octanol–water partition coefficient (Wildman–Crippen LogP) is 2.45. The number of halogens is 1. The van der Waals surface area contributed by atoms with Crippen molar-refractivity contribution in [2.75, 3.05) is 26.7 Å². The maximum absolute atomic E-state index is 4.43. The summed E-state index contributed by atoms with van der Waals surface area (Å²) in [7, 11) is 1.85. The molecule has 1 aromatic rings. The fourth-order valence-corrected chi connectivity index (χ4v) is 4.17. The lowest BCUT2D eigenvalue weighted by atomic mass is 10.1. The Kier molecular flexibility index (Phi) is 9.46. The van der Waals surface area contributed by atoms with E-state index in [1.165, 1.54) is 25.1 Å². The third-order valence-electron chi connectivity index (χ3n) is 5.97. The molecule has 2 aliphatic rings. The van der Waals surface area contributed by atoms with Crippen LogP contribution in [0.4, 0.5) is 0 Å². The van der Waals surface area contributed by atoms with Crippen LogP contribution in [0.15, 0.2) is 4.99 Å². The first-order valence-electron chi connectivity index (χ1n) is 10.7. The molecule has 1 aromatic heterocycles. The number of nitrogens with one attached hydrogen (secondary N) is 2. The summed E-state index contributed by atoms with van der Waals surface area (Å²) >= 11 is 0. The smallest absolute Gasteiger partial charge is 0.191 e. The van der Waals surface area contributed by atoms with E-state index in [0.717, 1.165) is 57.2 Å². The quantitative estimate of drug-likeness (QED) is 0.270. The van der Waals surface area contributed by atoms with E-state index in [-0.39, 0.29) is 24.0 Å². The summed E-state index contributed by atoms with van der Waals surface area (Å²) in [5, 5.41) is 15.9. The molecule has 1 saturated heterocycles. The van der Waals surface area contributed by atoms with Crippen LogP contribution in [0.25, 0.3) is 0 Å². The third-order valence-corrected chi connectivity index (χ3v) is 5.97. The van der Waals surface area contributed by atoms with Crippen LogP contribution in [0.1, 0.15) is 58.1 Å². The lowest BCUT2D eigenvalue weighted by Gasteiger charge is -2.22. The number of aryl methyl sites for hydroxylation is 2. The van der Waals surface area contributed by atoms with Crippen LogP contribution < -0.4 is 10.6 Å². The topological polar surface area (TPSA) is 70.4 Å². The molecule has 3 rings (SSSR count). The lowest BCUT2D eigenvalue weighted by Crippen LogP contribution is -2.47. The number of aliphatic imine (C=N–C) groups is 1. The van der Waals surface area contributed by atoms with Crippen LogP contribution in [0.3, 0.4) is 0 Å². The van der Waals surface area contributed by atoms with Gasteiger partial charge < -0.3 is 15.2 Å². The molecule has 0 radical (unpaired) electrons. The van der Waals surface area contributed by atoms with Gasteiger partial charge in [-0.2, -0.15) is 0 Å². The minimum atomic E-state index is 0. The number of guanidine groups is 1. The molecule has 2 unspecified atom stereocenters. The molecule has 2 aliphatic heterocycles. The number of aromatic nitrogens is 3. The standard InChI is InChI=1S/C20H37N7.HI/c1-15(2)26-13-16(3)17(14-26)23-20(21-4)22-11-8-10-19-25-24-18-9-6-5-7-12-27(18)19;/h15-17H,5-14H2,1-4H3,(H2,21,22,23);1H. The highest BCUT2D eigenvalue weighted by molar-refractivity contribution is 14.0. The Morgan fingerprint density at radius 1 is 1.21 bits per heavy atom. The summed E-state index contributed by atoms with van der Waals surface area (Å²) in [6, 6.07) is 1.07. The van der Waals surface area contributed by atoms with Crippen molar-refractivity contribution in [1.82, 2.24) is 30.3 Å². The van der Waals surface area contributed by atoms with E-state index in [1.807, 2.05) is 7.05 Å². The molecular formula is C20H38IN7. The Morgan fingerprint density at radius 2 is 2.04 bits per heavy atom. The number of hydrogen-bond acceptors (Lipinski definition) is 4. The SMILES string of the molecule is CN=C(NCCCc1nnc2n1CCCCC2)NC1CN(C(C)C)CC1C.I. The number of rotatable bonds is 6. The first-order chi connectivity index (χ1) is 13.1. The number of fused-ring (bicyclic) bond motifs is 1. The van der Waals surface area contributed by atoms with Crippen molar-refractivity contribution in [3.05, 3.63) is 11.6 Å². The van der Waals surface area contributed by atoms with Crippen molar-refractivity contribution in [2.24, 2.45) is 10.9 Å². The molecule has 1 fully saturated rings. The van der Waals surface area contributed by atoms with Gasteiger partial charge in [0.25, 0.3) is 0 Å². The first kappa shape index (κ1) is 23.4. The van der Waals surface area contributed by atoms with E-state index in [1.54, 1.807) is 0 Å². The Balaban J connectivity index is 0.00000280. The molecule has 3 heterocycles. The van der Waals surface area contributed by atoms with Crippen molar-refractivity contribution in [1.29, 1.82) is 0 Å². The van der Waals surface area contributed by atoms with Crippen molar-refractivity contribution < 1.29 is 0 Å². The van der Waals surface area contributed by atoms with Crippen LogP contribution in [-0.4, -0.2) is 64.4 Å². The average Bonchev–Trinajstić information content (AvgIpc) is 3.12. The number of hydrogen-bond donors (Lipinski definition) is 2. The summed E-state index contributed by atoms with van der Waals surface area (Å²) < 4.78 is 2.35. The molecule has 0 spiro atoms. The van der Waals surface area contributed by atoms with E-state index in [9.17, 15) is 0 Å². The average molecular weight is 503 g/mol. The van der Waals surface area contributed by atoms with E-state index in [0.29, 0.717) is 18.0 Å². The second-order valence-electron chi connectivity index (χ2n) is 8.37. The highest BCUT2D eigenvalue weighted by Gasteiger charge is 2.31. The summed E-state index contributed by atoms with van der Waals surface area (Å²) in [5.41, 5.74) is 0. The summed E-state index contributed by atoms with van der Waals surface area (Å²) in [6.07, 6.45) is 6.89. The molecule has 28 heavy (non-hydrogen) atoms. The van der Waals surface area contributed by atoms with Crippen LogP contribution >= 0.6 is 24.0 Å². The van der Waals surface area contributed by atoms with Gasteiger partial charge in [-0.3, -0.25) is 9.89 Å². The zero-order valence-corrected chi connectivity index (χ0v) is 20.3. The van der Waals surface area contributed by atoms with Gasteiger partial charge in [-0.25, -0.2) is 0 Å². The molecule has 2 atom stereocenters. The van der Waals surface area contributed by atoms with E-state index in [2.05, 4.69) is 56.1 Å². The lowest BCUT2D eigenvalue weighted by molar-refractivity contribution is 0.265. The predicted molar refractivity (Wildman–Crippen MR) is 125 cm³/mol. The van der Waals surface area contributed by atoms with Gasteiger partial charge in [0.2, 0.25) is 0 Å². The van der Waals surface area contributed by atoms with Gasteiger partial charge >= 0.3 is 0 Å². The van der Waals surface area contributed by atoms with Crippen LogP contribution in [0.5, 0.6) is 0 Å². The van der Waals surface area contributed by atoms with Gasteiger partial charge in [-0.15, -0.1) is 34.2 Å². The third kappa shape index (κ3) is 6.05. The largest absolute Gasteiger partial charge is 0.356 e. The van der Waals surface area contributed by atoms with Crippen LogP contribution in [0, 0.1) is 5.92 Å². The molecule has 0 amide bonds. The highest BCUT2D eigenvalue weighted by atomic mass is 127. The summed E-state index contributed by atoms with van der Waals surface area (Å²) in [4.78, 5) is 6.95. The second-order valence-corrected chi connectivity index (χ2v) is 8.37. The zero-order chi connectivity index (χ0) is 19.2. The van der Waals surface area contributed by atoms with Gasteiger partial charge in [0.15, 0.2) is 5.96 Å². The fourth-order valence-electron chi connectivity index (χ4n) is 4.17. The Labute approximate surface area is 187 Å². The van der Waals surface area contributed by atoms with Gasteiger partial charge in [0.05, 0.1) is 0 Å². The Bertz CT molecular complexity index is 628. The van der Waals surface area contributed by atoms with E-state index in [4.69, 9.17) is 0 Å². The van der Waals surface area contributed by atoms with Gasteiger partial charge in [-0.05, 0) is 39.0 Å². The van der Waals surface area contributed by atoms with Gasteiger partial charge in [-0.1, -0.05) is 13.3 Å². The number of likely N-dealkylation sites (tertiary alicyclic amines) is 1.